The molecule has 0 spiro atoms. The van der Waals surface area contributed by atoms with E-state index in [2.05, 4.69) is 34.7 Å². The van der Waals surface area contributed by atoms with Gasteiger partial charge in [-0.25, -0.2) is 9.37 Å². The van der Waals surface area contributed by atoms with E-state index < -0.39 is 0 Å². The summed E-state index contributed by atoms with van der Waals surface area (Å²) in [6, 6.07) is 9.79. The van der Waals surface area contributed by atoms with Gasteiger partial charge in [-0.05, 0) is 43.6 Å². The molecule has 0 saturated heterocycles. The van der Waals surface area contributed by atoms with Crippen LogP contribution in [0.1, 0.15) is 35.5 Å². The van der Waals surface area contributed by atoms with Crippen molar-refractivity contribution in [3.8, 4) is 11.1 Å². The summed E-state index contributed by atoms with van der Waals surface area (Å²) >= 11 is 1.81. The monoisotopic (exact) mass is 326 g/mol. The lowest BCUT2D eigenvalue weighted by Crippen LogP contribution is -1.95. The van der Waals surface area contributed by atoms with E-state index in [1.54, 1.807) is 6.07 Å². The Hall–Kier alpha value is -1.81. The number of fused-ring (bicyclic) bond motifs is 3. The maximum absolute atomic E-state index is 14.5. The molecule has 2 nitrogen and oxygen atoms in total. The van der Waals surface area contributed by atoms with Gasteiger partial charge in [-0.2, -0.15) is 11.8 Å². The third kappa shape index (κ3) is 2.45. The van der Waals surface area contributed by atoms with Crippen molar-refractivity contribution in [1.82, 2.24) is 9.38 Å². The van der Waals surface area contributed by atoms with E-state index >= 15 is 0 Å². The lowest BCUT2D eigenvalue weighted by molar-refractivity contribution is 0.629. The van der Waals surface area contributed by atoms with E-state index in [1.165, 1.54) is 11.3 Å². The first-order valence-electron chi connectivity index (χ1n) is 8.00. The zero-order chi connectivity index (χ0) is 16.0. The Morgan fingerprint density at radius 3 is 2.74 bits per heavy atom. The van der Waals surface area contributed by atoms with E-state index in [0.29, 0.717) is 10.8 Å². The number of hydrogen-bond acceptors (Lipinski definition) is 2. The minimum absolute atomic E-state index is 0.202. The van der Waals surface area contributed by atoms with Crippen molar-refractivity contribution in [3.63, 3.8) is 0 Å². The normalized spacial score (nSPS) is 15.1. The first-order valence-corrected chi connectivity index (χ1v) is 9.28. The summed E-state index contributed by atoms with van der Waals surface area (Å²) < 4.78 is 16.6. The van der Waals surface area contributed by atoms with Crippen LogP contribution in [0.15, 0.2) is 36.5 Å². The first-order chi connectivity index (χ1) is 11.2. The molecular formula is C19H19FN2S. The minimum Gasteiger partial charge on any atom is -0.303 e. The molecule has 1 aromatic carbocycles. The summed E-state index contributed by atoms with van der Waals surface area (Å²) in [7, 11) is 0. The summed E-state index contributed by atoms with van der Waals surface area (Å²) in [4.78, 5) is 4.56. The van der Waals surface area contributed by atoms with Crippen LogP contribution in [-0.4, -0.2) is 15.6 Å². The van der Waals surface area contributed by atoms with Gasteiger partial charge in [0.15, 0.2) is 0 Å². The third-order valence-electron chi connectivity index (χ3n) is 4.76. The SMILES string of the molecule is CSC(C)c1ccc(-c2cn3c4c(nc3cc2F)CCC4)cc1. The standard InChI is InChI=1S/C19H19FN2S/c1-12(23-2)13-6-8-14(9-7-13)15-11-22-18-5-3-4-17(18)21-19(22)10-16(15)20/h6-12H,3-5H2,1-2H3. The molecule has 2 heterocycles. The van der Waals surface area contributed by atoms with Crippen molar-refractivity contribution in [1.29, 1.82) is 0 Å². The fourth-order valence-electron chi connectivity index (χ4n) is 3.33. The molecule has 0 saturated carbocycles. The van der Waals surface area contributed by atoms with Crippen LogP contribution in [0.5, 0.6) is 0 Å². The van der Waals surface area contributed by atoms with Gasteiger partial charge in [-0.3, -0.25) is 0 Å². The van der Waals surface area contributed by atoms with Gasteiger partial charge in [0.1, 0.15) is 11.5 Å². The highest BCUT2D eigenvalue weighted by Crippen LogP contribution is 2.31. The molecule has 0 aliphatic heterocycles. The van der Waals surface area contributed by atoms with Crippen LogP contribution in [-0.2, 0) is 12.8 Å². The molecule has 4 rings (SSSR count). The topological polar surface area (TPSA) is 17.3 Å². The van der Waals surface area contributed by atoms with Crippen molar-refractivity contribution in [2.75, 3.05) is 6.26 Å². The largest absolute Gasteiger partial charge is 0.303 e. The average Bonchev–Trinajstić information content (AvgIpc) is 3.14. The summed E-state index contributed by atoms with van der Waals surface area (Å²) in [5.41, 5.74) is 5.93. The molecule has 1 aliphatic rings. The third-order valence-corrected chi connectivity index (χ3v) is 5.74. The second-order valence-corrected chi connectivity index (χ2v) is 7.30. The zero-order valence-electron chi connectivity index (χ0n) is 13.3. The molecule has 0 bridgehead atoms. The number of imidazole rings is 1. The molecule has 1 aliphatic carbocycles. The number of aryl methyl sites for hydroxylation is 2. The molecule has 1 atom stereocenters. The van der Waals surface area contributed by atoms with Crippen LogP contribution < -0.4 is 0 Å². The fourth-order valence-corrected chi connectivity index (χ4v) is 3.76. The second-order valence-electron chi connectivity index (χ2n) is 6.12. The molecule has 1 unspecified atom stereocenters. The van der Waals surface area contributed by atoms with E-state index in [4.69, 9.17) is 0 Å². The van der Waals surface area contributed by atoms with E-state index in [-0.39, 0.29) is 5.82 Å². The highest BCUT2D eigenvalue weighted by Gasteiger charge is 2.19. The van der Waals surface area contributed by atoms with Gasteiger partial charge in [0.25, 0.3) is 0 Å². The molecule has 0 amide bonds. The number of rotatable bonds is 3. The molecular weight excluding hydrogens is 307 g/mol. The van der Waals surface area contributed by atoms with Gasteiger partial charge >= 0.3 is 0 Å². The zero-order valence-corrected chi connectivity index (χ0v) is 14.2. The van der Waals surface area contributed by atoms with Gasteiger partial charge < -0.3 is 4.40 Å². The summed E-state index contributed by atoms with van der Waals surface area (Å²) in [6.45, 7) is 2.18. The van der Waals surface area contributed by atoms with Crippen LogP contribution in [0, 0.1) is 5.82 Å². The Morgan fingerprint density at radius 2 is 2.00 bits per heavy atom. The molecule has 3 aromatic rings. The Kier molecular flexibility index (Phi) is 3.64. The van der Waals surface area contributed by atoms with E-state index in [1.807, 2.05) is 30.1 Å². The number of nitrogens with zero attached hydrogens (tertiary/aromatic N) is 2. The molecule has 0 N–H and O–H groups in total. The first kappa shape index (κ1) is 14.8. The smallest absolute Gasteiger partial charge is 0.140 e. The quantitative estimate of drug-likeness (QED) is 0.670. The highest BCUT2D eigenvalue weighted by atomic mass is 32.2. The fraction of sp³-hybridized carbons (Fsp3) is 0.316. The van der Waals surface area contributed by atoms with Crippen LogP contribution in [0.3, 0.4) is 0 Å². The highest BCUT2D eigenvalue weighted by molar-refractivity contribution is 7.98. The average molecular weight is 326 g/mol. The van der Waals surface area contributed by atoms with E-state index in [9.17, 15) is 4.39 Å². The van der Waals surface area contributed by atoms with Gasteiger partial charge in [0.2, 0.25) is 0 Å². The maximum Gasteiger partial charge on any atom is 0.140 e. The molecule has 0 fully saturated rings. The summed E-state index contributed by atoms with van der Waals surface area (Å²) in [5.74, 6) is -0.202. The van der Waals surface area contributed by atoms with Crippen molar-refractivity contribution in [2.24, 2.45) is 0 Å². The molecule has 2 aromatic heterocycles. The molecule has 23 heavy (non-hydrogen) atoms. The second kappa shape index (κ2) is 5.68. The van der Waals surface area contributed by atoms with Crippen molar-refractivity contribution in [3.05, 3.63) is 59.3 Å². The number of benzene rings is 1. The number of pyridine rings is 1. The predicted octanol–water partition coefficient (Wildman–Crippen LogP) is 5.05. The van der Waals surface area contributed by atoms with Gasteiger partial charge in [0.05, 0.1) is 5.69 Å². The number of halogens is 1. The summed E-state index contributed by atoms with van der Waals surface area (Å²) in [5, 5.41) is 0.452. The van der Waals surface area contributed by atoms with Gasteiger partial charge in [-0.15, -0.1) is 0 Å². The van der Waals surface area contributed by atoms with Crippen LogP contribution >= 0.6 is 11.8 Å². The number of aromatic nitrogens is 2. The van der Waals surface area contributed by atoms with Gasteiger partial charge in [0, 0.05) is 28.8 Å². The Bertz CT molecular complexity index is 867. The Morgan fingerprint density at radius 1 is 1.22 bits per heavy atom. The minimum atomic E-state index is -0.202. The number of hydrogen-bond donors (Lipinski definition) is 0. The molecule has 118 valence electrons. The van der Waals surface area contributed by atoms with Crippen molar-refractivity contribution >= 4 is 17.4 Å². The molecule has 0 radical (unpaired) electrons. The predicted molar refractivity (Wildman–Crippen MR) is 94.5 cm³/mol. The van der Waals surface area contributed by atoms with Crippen LogP contribution in [0.2, 0.25) is 0 Å². The Labute approximate surface area is 139 Å². The lowest BCUT2D eigenvalue weighted by atomic mass is 10.0. The van der Waals surface area contributed by atoms with Crippen LogP contribution in [0.4, 0.5) is 4.39 Å². The van der Waals surface area contributed by atoms with E-state index in [0.717, 1.165) is 36.2 Å². The summed E-state index contributed by atoms with van der Waals surface area (Å²) in [6.07, 6.45) is 7.20. The molecule has 4 heteroatoms. The van der Waals surface area contributed by atoms with Crippen molar-refractivity contribution < 1.29 is 4.39 Å². The van der Waals surface area contributed by atoms with Crippen LogP contribution in [0.25, 0.3) is 16.8 Å². The maximum atomic E-state index is 14.5. The van der Waals surface area contributed by atoms with Crippen molar-refractivity contribution in [2.45, 2.75) is 31.4 Å². The number of thioether (sulfide) groups is 1. The Balaban J connectivity index is 1.80. The van der Waals surface area contributed by atoms with Gasteiger partial charge in [-0.1, -0.05) is 24.3 Å². The lowest BCUT2D eigenvalue weighted by Gasteiger charge is -2.11.